The Morgan fingerprint density at radius 1 is 1.16 bits per heavy atom. The van der Waals surface area contributed by atoms with Crippen LogP contribution in [0.4, 0.5) is 11.4 Å². The highest BCUT2D eigenvalue weighted by molar-refractivity contribution is 6.34. The van der Waals surface area contributed by atoms with Gasteiger partial charge in [-0.3, -0.25) is 24.1 Å². The molecule has 0 saturated carbocycles. The van der Waals surface area contributed by atoms with Gasteiger partial charge in [0, 0.05) is 26.2 Å². The van der Waals surface area contributed by atoms with E-state index < -0.39 is 11.6 Å². The lowest BCUT2D eigenvalue weighted by Gasteiger charge is -2.48. The van der Waals surface area contributed by atoms with Crippen molar-refractivity contribution in [2.45, 2.75) is 25.4 Å². The summed E-state index contributed by atoms with van der Waals surface area (Å²) in [4.78, 5) is 55.6. The number of nitrogens with zero attached hydrogens (tertiary/aromatic N) is 3. The van der Waals surface area contributed by atoms with Crippen molar-refractivity contribution < 1.29 is 19.2 Å². The van der Waals surface area contributed by atoms with Gasteiger partial charge in [0.2, 0.25) is 11.8 Å². The molecule has 0 bridgehead atoms. The van der Waals surface area contributed by atoms with Crippen LogP contribution in [-0.2, 0) is 9.59 Å². The van der Waals surface area contributed by atoms with Gasteiger partial charge in [-0.1, -0.05) is 23.7 Å². The summed E-state index contributed by atoms with van der Waals surface area (Å²) in [6.45, 7) is 1.56. The number of carbonyl (C=O) groups excluding carboxylic acids is 4. The SMILES string of the molecule is CN(C)C(=O)c1cc(NC(=O)CN2C(=O)c3ccccc3N3C(=O)CCC23C)ccc1Cl. The molecule has 0 spiro atoms. The molecule has 166 valence electrons. The lowest BCUT2D eigenvalue weighted by molar-refractivity contribution is -0.120. The zero-order chi connectivity index (χ0) is 23.2. The number of anilines is 2. The average Bonchev–Trinajstić information content (AvgIpc) is 3.07. The molecular formula is C23H23ClN4O4. The minimum atomic E-state index is -0.925. The summed E-state index contributed by atoms with van der Waals surface area (Å²) < 4.78 is 0. The number of nitrogens with one attached hydrogen (secondary N) is 1. The van der Waals surface area contributed by atoms with Gasteiger partial charge in [-0.25, -0.2) is 0 Å². The molecule has 0 radical (unpaired) electrons. The number of rotatable bonds is 4. The molecule has 9 heteroatoms. The molecular weight excluding hydrogens is 432 g/mol. The Morgan fingerprint density at radius 2 is 1.88 bits per heavy atom. The first kappa shape index (κ1) is 21.8. The van der Waals surface area contributed by atoms with Crippen LogP contribution in [0.2, 0.25) is 5.02 Å². The lowest BCUT2D eigenvalue weighted by Crippen LogP contribution is -2.63. The number of amides is 4. The highest BCUT2D eigenvalue weighted by atomic mass is 35.5. The molecule has 2 aromatic rings. The van der Waals surface area contributed by atoms with E-state index in [9.17, 15) is 19.2 Å². The van der Waals surface area contributed by atoms with E-state index >= 15 is 0 Å². The summed E-state index contributed by atoms with van der Waals surface area (Å²) in [5, 5.41) is 3.01. The highest BCUT2D eigenvalue weighted by Gasteiger charge is 2.53. The van der Waals surface area contributed by atoms with Crippen LogP contribution in [-0.4, -0.2) is 59.7 Å². The summed E-state index contributed by atoms with van der Waals surface area (Å²) >= 11 is 6.14. The van der Waals surface area contributed by atoms with Crippen LogP contribution in [0.25, 0.3) is 0 Å². The second kappa shape index (κ2) is 7.94. The maximum atomic E-state index is 13.3. The molecule has 4 amide bonds. The lowest BCUT2D eigenvalue weighted by atomic mass is 9.98. The van der Waals surface area contributed by atoms with E-state index in [4.69, 9.17) is 11.6 Å². The Bertz CT molecular complexity index is 1150. The molecule has 32 heavy (non-hydrogen) atoms. The van der Waals surface area contributed by atoms with Crippen molar-refractivity contribution in [2.75, 3.05) is 30.9 Å². The molecule has 8 nitrogen and oxygen atoms in total. The number of para-hydroxylation sites is 1. The minimum Gasteiger partial charge on any atom is -0.345 e. The third kappa shape index (κ3) is 3.50. The summed E-state index contributed by atoms with van der Waals surface area (Å²) in [6, 6.07) is 11.6. The third-order valence-corrected chi connectivity index (χ3v) is 6.26. The number of halogens is 1. The molecule has 1 unspecified atom stereocenters. The molecule has 1 N–H and O–H groups in total. The first-order valence-electron chi connectivity index (χ1n) is 10.2. The molecule has 1 fully saturated rings. The number of benzene rings is 2. The van der Waals surface area contributed by atoms with Gasteiger partial charge in [-0.2, -0.15) is 0 Å². The Hall–Kier alpha value is -3.39. The molecule has 2 heterocycles. The van der Waals surface area contributed by atoms with E-state index in [-0.39, 0.29) is 34.9 Å². The quantitative estimate of drug-likeness (QED) is 0.769. The van der Waals surface area contributed by atoms with Crippen LogP contribution in [0.3, 0.4) is 0 Å². The van der Waals surface area contributed by atoms with Crippen LogP contribution in [0.1, 0.15) is 40.5 Å². The first-order valence-corrected chi connectivity index (χ1v) is 10.6. The van der Waals surface area contributed by atoms with E-state index in [1.54, 1.807) is 56.3 Å². The number of hydrogen-bond acceptors (Lipinski definition) is 4. The molecule has 0 aliphatic carbocycles. The van der Waals surface area contributed by atoms with Gasteiger partial charge in [0.05, 0.1) is 21.8 Å². The van der Waals surface area contributed by atoms with Gasteiger partial charge in [0.25, 0.3) is 11.8 Å². The predicted octanol–water partition coefficient (Wildman–Crippen LogP) is 2.98. The average molecular weight is 455 g/mol. The standard InChI is InChI=1S/C23H23ClN4O4/c1-23-11-10-20(30)28(23)18-7-5-4-6-15(18)22(32)27(23)13-19(29)25-14-8-9-17(24)16(12-14)21(31)26(2)3/h4-9,12H,10-11,13H2,1-3H3,(H,25,29). The van der Waals surface area contributed by atoms with Crippen LogP contribution in [0.5, 0.6) is 0 Å². The van der Waals surface area contributed by atoms with Crippen molar-refractivity contribution in [3.8, 4) is 0 Å². The zero-order valence-corrected chi connectivity index (χ0v) is 18.8. The first-order chi connectivity index (χ1) is 15.1. The number of carbonyl (C=O) groups is 4. The fourth-order valence-electron chi connectivity index (χ4n) is 4.29. The van der Waals surface area contributed by atoms with Gasteiger partial charge < -0.3 is 15.1 Å². The fourth-order valence-corrected chi connectivity index (χ4v) is 4.49. The van der Waals surface area contributed by atoms with Crippen LogP contribution in [0.15, 0.2) is 42.5 Å². The summed E-state index contributed by atoms with van der Waals surface area (Å²) in [5.41, 5.74) is 0.685. The Balaban J connectivity index is 1.60. The third-order valence-electron chi connectivity index (χ3n) is 5.93. The molecule has 2 aromatic carbocycles. The predicted molar refractivity (Wildman–Crippen MR) is 121 cm³/mol. The van der Waals surface area contributed by atoms with E-state index in [1.807, 2.05) is 0 Å². The van der Waals surface area contributed by atoms with Crippen LogP contribution in [0, 0.1) is 0 Å². The second-order valence-electron chi connectivity index (χ2n) is 8.30. The Morgan fingerprint density at radius 3 is 2.59 bits per heavy atom. The Kier molecular flexibility index (Phi) is 5.42. The highest BCUT2D eigenvalue weighted by Crippen LogP contribution is 2.43. The van der Waals surface area contributed by atoms with E-state index in [0.717, 1.165) is 0 Å². The van der Waals surface area contributed by atoms with Gasteiger partial charge in [-0.15, -0.1) is 0 Å². The van der Waals surface area contributed by atoms with Gasteiger partial charge in [0.1, 0.15) is 12.2 Å². The molecule has 2 aliphatic rings. The molecule has 1 saturated heterocycles. The normalized spacial score (nSPS) is 19.5. The topological polar surface area (TPSA) is 90.0 Å². The summed E-state index contributed by atoms with van der Waals surface area (Å²) in [5.74, 6) is -1.11. The summed E-state index contributed by atoms with van der Waals surface area (Å²) in [7, 11) is 3.22. The van der Waals surface area contributed by atoms with Crippen LogP contribution < -0.4 is 10.2 Å². The maximum Gasteiger partial charge on any atom is 0.258 e. The molecule has 0 aromatic heterocycles. The van der Waals surface area contributed by atoms with E-state index in [2.05, 4.69) is 5.32 Å². The molecule has 4 rings (SSSR count). The van der Waals surface area contributed by atoms with E-state index in [1.165, 1.54) is 21.9 Å². The summed E-state index contributed by atoms with van der Waals surface area (Å²) in [6.07, 6.45) is 0.727. The van der Waals surface area contributed by atoms with E-state index in [0.29, 0.717) is 29.8 Å². The minimum absolute atomic E-state index is 0.0811. The van der Waals surface area contributed by atoms with Gasteiger partial charge >= 0.3 is 0 Å². The smallest absolute Gasteiger partial charge is 0.258 e. The Labute approximate surface area is 190 Å². The second-order valence-corrected chi connectivity index (χ2v) is 8.70. The molecule has 1 atom stereocenters. The monoisotopic (exact) mass is 454 g/mol. The maximum absolute atomic E-state index is 13.3. The molecule has 2 aliphatic heterocycles. The van der Waals surface area contributed by atoms with Gasteiger partial charge in [0.15, 0.2) is 0 Å². The van der Waals surface area contributed by atoms with Crippen molar-refractivity contribution in [1.29, 1.82) is 0 Å². The number of hydrogen-bond donors (Lipinski definition) is 1. The van der Waals surface area contributed by atoms with Crippen LogP contribution >= 0.6 is 11.6 Å². The fraction of sp³-hybridized carbons (Fsp3) is 0.304. The largest absolute Gasteiger partial charge is 0.345 e. The number of fused-ring (bicyclic) bond motifs is 3. The van der Waals surface area contributed by atoms with Crippen molar-refractivity contribution >= 4 is 46.6 Å². The van der Waals surface area contributed by atoms with Crippen molar-refractivity contribution in [3.63, 3.8) is 0 Å². The zero-order valence-electron chi connectivity index (χ0n) is 18.0. The van der Waals surface area contributed by atoms with Gasteiger partial charge in [-0.05, 0) is 43.7 Å². The van der Waals surface area contributed by atoms with Crippen molar-refractivity contribution in [1.82, 2.24) is 9.80 Å². The van der Waals surface area contributed by atoms with Crippen molar-refractivity contribution in [2.24, 2.45) is 0 Å². The van der Waals surface area contributed by atoms with Crippen molar-refractivity contribution in [3.05, 3.63) is 58.6 Å².